The van der Waals surface area contributed by atoms with Crippen molar-refractivity contribution in [1.29, 1.82) is 0 Å². The zero-order valence-electron chi connectivity index (χ0n) is 12.0. The molecule has 0 atom stereocenters. The number of nitrogens with one attached hydrogen (secondary N) is 2. The maximum atomic E-state index is 11.9. The molecule has 0 fully saturated rings. The van der Waals surface area contributed by atoms with Crippen molar-refractivity contribution in [2.45, 2.75) is 13.3 Å². The Morgan fingerprint density at radius 3 is 2.67 bits per heavy atom. The lowest BCUT2D eigenvalue weighted by Crippen LogP contribution is -2.29. The molecular formula is C17H19ClN2O. The van der Waals surface area contributed by atoms with Gasteiger partial charge in [0, 0.05) is 10.7 Å². The molecule has 21 heavy (non-hydrogen) atoms. The maximum absolute atomic E-state index is 11.9. The minimum absolute atomic E-state index is 0.0616. The summed E-state index contributed by atoms with van der Waals surface area (Å²) in [7, 11) is 0. The molecule has 3 nitrogen and oxygen atoms in total. The van der Waals surface area contributed by atoms with Crippen molar-refractivity contribution in [3.8, 4) is 0 Å². The number of rotatable bonds is 6. The quantitative estimate of drug-likeness (QED) is 0.803. The second-order valence-electron chi connectivity index (χ2n) is 4.92. The number of benzene rings is 2. The lowest BCUT2D eigenvalue weighted by molar-refractivity contribution is -0.115. The van der Waals surface area contributed by atoms with Crippen LogP contribution >= 0.6 is 11.6 Å². The Labute approximate surface area is 130 Å². The number of amides is 1. The number of halogens is 1. The van der Waals surface area contributed by atoms with Gasteiger partial charge in [-0.25, -0.2) is 0 Å². The summed E-state index contributed by atoms with van der Waals surface area (Å²) < 4.78 is 0. The van der Waals surface area contributed by atoms with E-state index < -0.39 is 0 Å². The van der Waals surface area contributed by atoms with Crippen LogP contribution in [0.3, 0.4) is 0 Å². The molecule has 0 unspecified atom stereocenters. The Morgan fingerprint density at radius 2 is 1.90 bits per heavy atom. The molecule has 4 heteroatoms. The average molecular weight is 303 g/mol. The Balaban J connectivity index is 1.74. The highest BCUT2D eigenvalue weighted by molar-refractivity contribution is 6.31. The molecule has 0 saturated carbocycles. The van der Waals surface area contributed by atoms with Gasteiger partial charge in [-0.1, -0.05) is 48.0 Å². The van der Waals surface area contributed by atoms with Gasteiger partial charge < -0.3 is 10.6 Å². The monoisotopic (exact) mass is 302 g/mol. The van der Waals surface area contributed by atoms with Gasteiger partial charge in [0.05, 0.1) is 6.54 Å². The molecule has 2 rings (SSSR count). The first-order valence-electron chi connectivity index (χ1n) is 6.96. The van der Waals surface area contributed by atoms with Crippen molar-refractivity contribution >= 4 is 23.2 Å². The lowest BCUT2D eigenvalue weighted by Gasteiger charge is -2.09. The Bertz CT molecular complexity index is 599. The van der Waals surface area contributed by atoms with E-state index in [1.807, 2.05) is 37.3 Å². The minimum atomic E-state index is -0.0616. The molecule has 0 aliphatic carbocycles. The van der Waals surface area contributed by atoms with Crippen LogP contribution in [-0.4, -0.2) is 19.0 Å². The van der Waals surface area contributed by atoms with Crippen molar-refractivity contribution in [3.05, 3.63) is 64.7 Å². The van der Waals surface area contributed by atoms with Gasteiger partial charge >= 0.3 is 0 Å². The molecule has 2 aromatic rings. The number of carbonyl (C=O) groups excluding carboxylic acids is 1. The first-order valence-corrected chi connectivity index (χ1v) is 7.33. The Hall–Kier alpha value is -1.84. The highest BCUT2D eigenvalue weighted by Gasteiger charge is 2.05. The summed E-state index contributed by atoms with van der Waals surface area (Å²) in [6.45, 7) is 3.00. The predicted octanol–water partition coefficient (Wildman–Crippen LogP) is 3.42. The summed E-state index contributed by atoms with van der Waals surface area (Å²) in [6.07, 6.45) is 0.907. The summed E-state index contributed by atoms with van der Waals surface area (Å²) in [5.41, 5.74) is 3.02. The molecule has 1 amide bonds. The third-order valence-corrected chi connectivity index (χ3v) is 3.43. The second-order valence-corrected chi connectivity index (χ2v) is 5.36. The van der Waals surface area contributed by atoms with E-state index in [1.54, 1.807) is 6.07 Å². The summed E-state index contributed by atoms with van der Waals surface area (Å²) in [5.74, 6) is -0.0616. The Kier molecular flexibility index (Phi) is 5.78. The molecule has 0 aliphatic rings. The summed E-state index contributed by atoms with van der Waals surface area (Å²) in [6, 6.07) is 15.7. The van der Waals surface area contributed by atoms with Crippen LogP contribution < -0.4 is 10.6 Å². The maximum Gasteiger partial charge on any atom is 0.238 e. The number of hydrogen-bond acceptors (Lipinski definition) is 2. The van der Waals surface area contributed by atoms with E-state index in [-0.39, 0.29) is 5.91 Å². The van der Waals surface area contributed by atoms with Crippen LogP contribution in [0.1, 0.15) is 11.1 Å². The smallest absolute Gasteiger partial charge is 0.238 e. The van der Waals surface area contributed by atoms with Gasteiger partial charge in [0.1, 0.15) is 0 Å². The highest BCUT2D eigenvalue weighted by Crippen LogP contribution is 2.19. The van der Waals surface area contributed by atoms with Crippen molar-refractivity contribution in [1.82, 2.24) is 5.32 Å². The van der Waals surface area contributed by atoms with Crippen molar-refractivity contribution in [2.24, 2.45) is 0 Å². The second kappa shape index (κ2) is 7.81. The summed E-state index contributed by atoms with van der Waals surface area (Å²) in [5, 5.41) is 6.63. The molecule has 0 aromatic heterocycles. The first-order chi connectivity index (χ1) is 10.1. The molecule has 2 N–H and O–H groups in total. The summed E-state index contributed by atoms with van der Waals surface area (Å²) in [4.78, 5) is 11.9. The predicted molar refractivity (Wildman–Crippen MR) is 87.8 cm³/mol. The number of carbonyl (C=O) groups is 1. The zero-order valence-corrected chi connectivity index (χ0v) is 12.8. The fraction of sp³-hybridized carbons (Fsp3) is 0.235. The molecule has 2 aromatic carbocycles. The standard InChI is InChI=1S/C17H19ClN2O/c1-13-7-8-15(18)11-16(13)20-17(21)12-19-10-9-14-5-3-2-4-6-14/h2-8,11,19H,9-10,12H2,1H3,(H,20,21). The molecule has 0 radical (unpaired) electrons. The third-order valence-electron chi connectivity index (χ3n) is 3.19. The van der Waals surface area contributed by atoms with E-state index >= 15 is 0 Å². The first kappa shape index (κ1) is 15.5. The third kappa shape index (κ3) is 5.21. The number of hydrogen-bond donors (Lipinski definition) is 2. The fourth-order valence-electron chi connectivity index (χ4n) is 2.00. The normalized spacial score (nSPS) is 10.4. The van der Waals surface area contributed by atoms with E-state index in [0.29, 0.717) is 11.6 Å². The van der Waals surface area contributed by atoms with Crippen LogP contribution in [0, 0.1) is 6.92 Å². The van der Waals surface area contributed by atoms with Crippen LogP contribution in [0.25, 0.3) is 0 Å². The molecule has 0 aliphatic heterocycles. The van der Waals surface area contributed by atoms with Crippen LogP contribution in [0.4, 0.5) is 5.69 Å². The average Bonchev–Trinajstić information content (AvgIpc) is 2.48. The van der Waals surface area contributed by atoms with Crippen LogP contribution in [0.15, 0.2) is 48.5 Å². The molecule has 0 saturated heterocycles. The summed E-state index contributed by atoms with van der Waals surface area (Å²) >= 11 is 5.93. The fourth-order valence-corrected chi connectivity index (χ4v) is 2.17. The van der Waals surface area contributed by atoms with Gasteiger partial charge in [0.15, 0.2) is 0 Å². The molecule has 0 bridgehead atoms. The Morgan fingerprint density at radius 1 is 1.14 bits per heavy atom. The van der Waals surface area contributed by atoms with Crippen LogP contribution in [0.5, 0.6) is 0 Å². The molecule has 110 valence electrons. The van der Waals surface area contributed by atoms with Gasteiger partial charge in [-0.05, 0) is 43.1 Å². The van der Waals surface area contributed by atoms with E-state index in [1.165, 1.54) is 5.56 Å². The van der Waals surface area contributed by atoms with Crippen molar-refractivity contribution in [2.75, 3.05) is 18.4 Å². The molecule has 0 spiro atoms. The van der Waals surface area contributed by atoms with Gasteiger partial charge in [-0.3, -0.25) is 4.79 Å². The van der Waals surface area contributed by atoms with E-state index in [0.717, 1.165) is 24.2 Å². The topological polar surface area (TPSA) is 41.1 Å². The SMILES string of the molecule is Cc1ccc(Cl)cc1NC(=O)CNCCc1ccccc1. The number of anilines is 1. The van der Waals surface area contributed by atoms with Gasteiger partial charge in [0.25, 0.3) is 0 Å². The molecular weight excluding hydrogens is 284 g/mol. The van der Waals surface area contributed by atoms with Crippen molar-refractivity contribution < 1.29 is 4.79 Å². The highest BCUT2D eigenvalue weighted by atomic mass is 35.5. The van der Waals surface area contributed by atoms with Crippen LogP contribution in [-0.2, 0) is 11.2 Å². The molecule has 0 heterocycles. The lowest BCUT2D eigenvalue weighted by atomic mass is 10.1. The van der Waals surface area contributed by atoms with Crippen molar-refractivity contribution in [3.63, 3.8) is 0 Å². The largest absolute Gasteiger partial charge is 0.325 e. The minimum Gasteiger partial charge on any atom is -0.325 e. The van der Waals surface area contributed by atoms with E-state index in [9.17, 15) is 4.79 Å². The van der Waals surface area contributed by atoms with Gasteiger partial charge in [-0.15, -0.1) is 0 Å². The number of aryl methyl sites for hydroxylation is 1. The van der Waals surface area contributed by atoms with Gasteiger partial charge in [0.2, 0.25) is 5.91 Å². The van der Waals surface area contributed by atoms with Gasteiger partial charge in [-0.2, -0.15) is 0 Å². The van der Waals surface area contributed by atoms with Crippen LogP contribution in [0.2, 0.25) is 5.02 Å². The van der Waals surface area contributed by atoms with E-state index in [4.69, 9.17) is 11.6 Å². The zero-order chi connectivity index (χ0) is 15.1. The van der Waals surface area contributed by atoms with E-state index in [2.05, 4.69) is 22.8 Å².